The summed E-state index contributed by atoms with van der Waals surface area (Å²) in [4.78, 5) is 6.99. The molecule has 0 saturated heterocycles. The van der Waals surface area contributed by atoms with E-state index in [2.05, 4.69) is 14.7 Å². The molecule has 0 spiro atoms. The van der Waals surface area contributed by atoms with Crippen molar-refractivity contribution in [2.75, 3.05) is 10.5 Å². The largest absolute Gasteiger partial charge is 0.398 e. The fourth-order valence-corrected chi connectivity index (χ4v) is 2.47. The molecule has 0 aliphatic carbocycles. The summed E-state index contributed by atoms with van der Waals surface area (Å²) in [5, 5.41) is 0. The lowest BCUT2D eigenvalue weighted by atomic mass is 10.3. The van der Waals surface area contributed by atoms with Crippen molar-refractivity contribution in [2.24, 2.45) is 0 Å². The maximum absolute atomic E-state index is 13.0. The van der Waals surface area contributed by atoms with E-state index in [1.165, 1.54) is 24.8 Å². The monoisotopic (exact) mass is 268 g/mol. The number of rotatable bonds is 3. The SMILES string of the molecule is Nc1ccc(F)cc1S(=O)(=O)Nc1cncnc1. The highest BCUT2D eigenvalue weighted by Crippen LogP contribution is 2.21. The summed E-state index contributed by atoms with van der Waals surface area (Å²) in [6.07, 6.45) is 3.81. The Hall–Kier alpha value is -2.22. The van der Waals surface area contributed by atoms with E-state index in [9.17, 15) is 12.8 Å². The number of nitrogens with two attached hydrogens (primary N) is 1. The first-order chi connectivity index (χ1) is 8.49. The van der Waals surface area contributed by atoms with Gasteiger partial charge in [0.05, 0.1) is 23.8 Å². The summed E-state index contributed by atoms with van der Waals surface area (Å²) in [5.74, 6) is -0.686. The van der Waals surface area contributed by atoms with Crippen LogP contribution in [-0.2, 0) is 10.0 Å². The molecule has 1 aromatic carbocycles. The lowest BCUT2D eigenvalue weighted by molar-refractivity contribution is 0.596. The van der Waals surface area contributed by atoms with Crippen LogP contribution in [0, 0.1) is 5.82 Å². The van der Waals surface area contributed by atoms with E-state index in [-0.39, 0.29) is 16.3 Å². The number of sulfonamides is 1. The molecule has 2 rings (SSSR count). The predicted molar refractivity (Wildman–Crippen MR) is 63.7 cm³/mol. The van der Waals surface area contributed by atoms with Crippen molar-refractivity contribution in [3.05, 3.63) is 42.7 Å². The molecule has 0 amide bonds. The van der Waals surface area contributed by atoms with Crippen molar-refractivity contribution in [3.63, 3.8) is 0 Å². The quantitative estimate of drug-likeness (QED) is 0.809. The molecule has 2 aromatic rings. The fraction of sp³-hybridized carbons (Fsp3) is 0. The van der Waals surface area contributed by atoms with E-state index >= 15 is 0 Å². The molecule has 0 radical (unpaired) electrons. The number of hydrogen-bond acceptors (Lipinski definition) is 5. The van der Waals surface area contributed by atoms with Crippen LogP contribution in [0.5, 0.6) is 0 Å². The Labute approximate surface area is 103 Å². The molecule has 0 fully saturated rings. The highest BCUT2D eigenvalue weighted by atomic mass is 32.2. The first-order valence-electron chi connectivity index (χ1n) is 4.82. The Morgan fingerprint density at radius 2 is 1.89 bits per heavy atom. The van der Waals surface area contributed by atoms with Crippen LogP contribution < -0.4 is 10.5 Å². The lowest BCUT2D eigenvalue weighted by Crippen LogP contribution is -2.15. The third-order valence-corrected chi connectivity index (χ3v) is 3.51. The minimum Gasteiger partial charge on any atom is -0.398 e. The molecule has 0 atom stereocenters. The Morgan fingerprint density at radius 1 is 1.22 bits per heavy atom. The van der Waals surface area contributed by atoms with Crippen LogP contribution in [0.2, 0.25) is 0 Å². The first kappa shape index (κ1) is 12.2. The van der Waals surface area contributed by atoms with Crippen molar-refractivity contribution in [3.8, 4) is 0 Å². The Kier molecular flexibility index (Phi) is 3.11. The highest BCUT2D eigenvalue weighted by molar-refractivity contribution is 7.92. The standard InChI is InChI=1S/C10H9FN4O2S/c11-7-1-2-9(12)10(3-7)18(16,17)15-8-4-13-6-14-5-8/h1-6,15H,12H2. The maximum Gasteiger partial charge on any atom is 0.264 e. The lowest BCUT2D eigenvalue weighted by Gasteiger charge is -2.09. The maximum atomic E-state index is 13.0. The zero-order chi connectivity index (χ0) is 13.2. The second-order valence-electron chi connectivity index (χ2n) is 3.41. The molecule has 0 unspecified atom stereocenters. The van der Waals surface area contributed by atoms with Crippen LogP contribution in [0.25, 0.3) is 0 Å². The molecule has 18 heavy (non-hydrogen) atoms. The molecular formula is C10H9FN4O2S. The summed E-state index contributed by atoms with van der Waals surface area (Å²) in [5.41, 5.74) is 5.64. The summed E-state index contributed by atoms with van der Waals surface area (Å²) in [6.45, 7) is 0. The van der Waals surface area contributed by atoms with Crippen LogP contribution in [0.15, 0.2) is 41.8 Å². The number of nitrogens with zero attached hydrogens (tertiary/aromatic N) is 2. The topological polar surface area (TPSA) is 98.0 Å². The zero-order valence-electron chi connectivity index (χ0n) is 9.04. The molecule has 3 N–H and O–H groups in total. The average Bonchev–Trinajstić information content (AvgIpc) is 2.33. The molecule has 8 heteroatoms. The van der Waals surface area contributed by atoms with Gasteiger partial charge in [0.1, 0.15) is 17.0 Å². The molecule has 0 aliphatic heterocycles. The van der Waals surface area contributed by atoms with Gasteiger partial charge in [0.15, 0.2) is 0 Å². The van der Waals surface area contributed by atoms with Gasteiger partial charge >= 0.3 is 0 Å². The second-order valence-corrected chi connectivity index (χ2v) is 5.07. The zero-order valence-corrected chi connectivity index (χ0v) is 9.86. The fourth-order valence-electron chi connectivity index (χ4n) is 1.30. The summed E-state index contributed by atoms with van der Waals surface area (Å²) in [6, 6.07) is 3.12. The molecule has 1 heterocycles. The number of aromatic nitrogens is 2. The van der Waals surface area contributed by atoms with E-state index in [1.807, 2.05) is 0 Å². The molecule has 6 nitrogen and oxygen atoms in total. The molecular weight excluding hydrogens is 259 g/mol. The van der Waals surface area contributed by atoms with Gasteiger partial charge in [-0.3, -0.25) is 4.72 Å². The molecule has 94 valence electrons. The smallest absolute Gasteiger partial charge is 0.264 e. The van der Waals surface area contributed by atoms with Gasteiger partial charge < -0.3 is 5.73 Å². The van der Waals surface area contributed by atoms with Gasteiger partial charge in [0, 0.05) is 0 Å². The van der Waals surface area contributed by atoms with Gasteiger partial charge in [-0.15, -0.1) is 0 Å². The van der Waals surface area contributed by atoms with Crippen molar-refractivity contribution in [2.45, 2.75) is 4.90 Å². The second kappa shape index (κ2) is 4.57. The third-order valence-electron chi connectivity index (χ3n) is 2.08. The van der Waals surface area contributed by atoms with E-state index in [4.69, 9.17) is 5.73 Å². The first-order valence-corrected chi connectivity index (χ1v) is 6.30. The van der Waals surface area contributed by atoms with Gasteiger partial charge in [0.2, 0.25) is 0 Å². The average molecular weight is 268 g/mol. The van der Waals surface area contributed by atoms with Crippen LogP contribution in [-0.4, -0.2) is 18.4 Å². The summed E-state index contributed by atoms with van der Waals surface area (Å²) in [7, 11) is -3.96. The number of nitrogens with one attached hydrogen (secondary N) is 1. The molecule has 1 aromatic heterocycles. The van der Waals surface area contributed by atoms with E-state index < -0.39 is 15.8 Å². The van der Waals surface area contributed by atoms with Gasteiger partial charge in [-0.25, -0.2) is 22.8 Å². The minimum atomic E-state index is -3.96. The van der Waals surface area contributed by atoms with Gasteiger partial charge in [0.25, 0.3) is 10.0 Å². The predicted octanol–water partition coefficient (Wildman–Crippen LogP) is 0.999. The van der Waals surface area contributed by atoms with Gasteiger partial charge in [-0.1, -0.05) is 0 Å². The van der Waals surface area contributed by atoms with E-state index in [1.54, 1.807) is 0 Å². The highest BCUT2D eigenvalue weighted by Gasteiger charge is 2.18. The molecule has 0 aliphatic rings. The number of benzene rings is 1. The van der Waals surface area contributed by atoms with Crippen molar-refractivity contribution in [1.82, 2.24) is 9.97 Å². The van der Waals surface area contributed by atoms with Gasteiger partial charge in [-0.2, -0.15) is 0 Å². The van der Waals surface area contributed by atoms with Crippen LogP contribution in [0.1, 0.15) is 0 Å². The third kappa shape index (κ3) is 2.54. The number of hydrogen-bond donors (Lipinski definition) is 2. The van der Waals surface area contributed by atoms with E-state index in [0.717, 1.165) is 12.1 Å². The van der Waals surface area contributed by atoms with Crippen LogP contribution >= 0.6 is 0 Å². The number of halogens is 1. The van der Waals surface area contributed by atoms with Gasteiger partial charge in [-0.05, 0) is 18.2 Å². The summed E-state index contributed by atoms with van der Waals surface area (Å²) < 4.78 is 39.2. The minimum absolute atomic E-state index is 0.0410. The van der Waals surface area contributed by atoms with Crippen LogP contribution in [0.4, 0.5) is 15.8 Å². The van der Waals surface area contributed by atoms with Crippen LogP contribution in [0.3, 0.4) is 0 Å². The molecule has 0 bridgehead atoms. The molecule has 0 saturated carbocycles. The van der Waals surface area contributed by atoms with E-state index in [0.29, 0.717) is 0 Å². The normalized spacial score (nSPS) is 11.2. The van der Waals surface area contributed by atoms with Crippen molar-refractivity contribution >= 4 is 21.4 Å². The van der Waals surface area contributed by atoms with Crippen molar-refractivity contribution in [1.29, 1.82) is 0 Å². The Bertz CT molecular complexity index is 661. The number of anilines is 2. The summed E-state index contributed by atoms with van der Waals surface area (Å²) >= 11 is 0. The number of nitrogen functional groups attached to an aromatic ring is 1. The van der Waals surface area contributed by atoms with Crippen molar-refractivity contribution < 1.29 is 12.8 Å². The Balaban J connectivity index is 2.40. The Morgan fingerprint density at radius 3 is 2.56 bits per heavy atom.